The molecule has 0 bridgehead atoms. The number of isocyanates is 1. The minimum atomic E-state index is -0.554. The summed E-state index contributed by atoms with van der Waals surface area (Å²) in [5.74, 6) is -0.554. The average Bonchev–Trinajstić information content (AvgIpc) is 1.89. The molecule has 0 aliphatic rings. The van der Waals surface area contributed by atoms with E-state index in [1.807, 2.05) is 0 Å². The van der Waals surface area contributed by atoms with Gasteiger partial charge in [-0.15, -0.1) is 0 Å². The summed E-state index contributed by atoms with van der Waals surface area (Å²) in [5.41, 5.74) is 0. The van der Waals surface area contributed by atoms with E-state index in [1.54, 1.807) is 6.92 Å². The van der Waals surface area contributed by atoms with Crippen LogP contribution in [0.3, 0.4) is 0 Å². The zero-order valence-electron chi connectivity index (χ0n) is 5.49. The van der Waals surface area contributed by atoms with Gasteiger partial charge in [-0.1, -0.05) is 0 Å². The second-order valence-corrected chi connectivity index (χ2v) is 1.26. The van der Waals surface area contributed by atoms with Crippen molar-refractivity contribution in [1.82, 2.24) is 0 Å². The van der Waals surface area contributed by atoms with Crippen LogP contribution in [0.15, 0.2) is 5.16 Å². The maximum atomic E-state index is 10.4. The lowest BCUT2D eigenvalue weighted by molar-refractivity contribution is -0.148. The highest BCUT2D eigenvalue weighted by atomic mass is 16.7. The van der Waals surface area contributed by atoms with Crippen LogP contribution < -0.4 is 0 Å². The first-order chi connectivity index (χ1) is 4.81. The van der Waals surface area contributed by atoms with Crippen LogP contribution in [0.1, 0.15) is 6.92 Å². The summed E-state index contributed by atoms with van der Waals surface area (Å²) in [6, 6.07) is 0. The Balaban J connectivity index is 3.30. The van der Waals surface area contributed by atoms with Gasteiger partial charge < -0.3 is 9.57 Å². The molecule has 0 rings (SSSR count). The Morgan fingerprint density at radius 3 is 2.90 bits per heavy atom. The standard InChI is InChI=1S/C5H7NO4/c1-2-9-5(8)3-10-6-4-7/h2-3H2,1H3. The van der Waals surface area contributed by atoms with Crippen LogP contribution in [0, 0.1) is 0 Å². The minimum absolute atomic E-state index is 0.285. The van der Waals surface area contributed by atoms with Crippen molar-refractivity contribution < 1.29 is 19.2 Å². The fourth-order valence-corrected chi connectivity index (χ4v) is 0.314. The zero-order valence-corrected chi connectivity index (χ0v) is 5.49. The zero-order chi connectivity index (χ0) is 7.82. The molecule has 0 N–H and O–H groups in total. The molecule has 0 radical (unpaired) electrons. The number of ether oxygens (including phenoxy) is 1. The molecule has 0 aromatic rings. The lowest BCUT2D eigenvalue weighted by atomic mass is 10.7. The molecule has 0 aromatic heterocycles. The molecule has 56 valence electrons. The quantitative estimate of drug-likeness (QED) is 0.238. The maximum Gasteiger partial charge on any atom is 0.347 e. The number of carbonyl (C=O) groups excluding carboxylic acids is 2. The number of carbonyl (C=O) groups is 1. The van der Waals surface area contributed by atoms with Gasteiger partial charge in [-0.2, -0.15) is 0 Å². The SMILES string of the molecule is CCOC(=O)CON=C=O. The van der Waals surface area contributed by atoms with Crippen molar-refractivity contribution in [2.75, 3.05) is 13.2 Å². The molecule has 0 aliphatic heterocycles. The predicted octanol–water partition coefficient (Wildman–Crippen LogP) is -0.183. The highest BCUT2D eigenvalue weighted by Crippen LogP contribution is 1.79. The Kier molecular flexibility index (Phi) is 5.00. The van der Waals surface area contributed by atoms with Crippen molar-refractivity contribution in [1.29, 1.82) is 0 Å². The molecule has 0 saturated carbocycles. The van der Waals surface area contributed by atoms with Crippen LogP contribution in [0.5, 0.6) is 0 Å². The van der Waals surface area contributed by atoms with Gasteiger partial charge in [0.2, 0.25) is 6.61 Å². The van der Waals surface area contributed by atoms with E-state index in [2.05, 4.69) is 14.7 Å². The summed E-state index contributed by atoms with van der Waals surface area (Å²) < 4.78 is 4.43. The third kappa shape index (κ3) is 4.80. The first-order valence-electron chi connectivity index (χ1n) is 2.66. The van der Waals surface area contributed by atoms with Crippen LogP contribution in [0.4, 0.5) is 0 Å². The summed E-state index contributed by atoms with van der Waals surface area (Å²) in [7, 11) is 0. The Bertz CT molecular complexity index is 150. The molecule has 5 nitrogen and oxygen atoms in total. The smallest absolute Gasteiger partial charge is 0.347 e. The van der Waals surface area contributed by atoms with Crippen LogP contribution in [-0.2, 0) is 19.2 Å². The normalized spacial score (nSPS) is 7.70. The van der Waals surface area contributed by atoms with Gasteiger partial charge in [0.15, 0.2) is 0 Å². The fourth-order valence-electron chi connectivity index (χ4n) is 0.314. The van der Waals surface area contributed by atoms with Crippen molar-refractivity contribution in [2.45, 2.75) is 6.92 Å². The molecule has 0 fully saturated rings. The summed E-state index contributed by atoms with van der Waals surface area (Å²) >= 11 is 0. The van der Waals surface area contributed by atoms with E-state index in [9.17, 15) is 9.59 Å². The van der Waals surface area contributed by atoms with Gasteiger partial charge in [0, 0.05) is 5.16 Å². The van der Waals surface area contributed by atoms with Crippen LogP contribution >= 0.6 is 0 Å². The van der Waals surface area contributed by atoms with Gasteiger partial charge >= 0.3 is 5.97 Å². The number of hydrogen-bond donors (Lipinski definition) is 0. The second-order valence-electron chi connectivity index (χ2n) is 1.26. The van der Waals surface area contributed by atoms with Gasteiger partial charge in [-0.3, -0.25) is 0 Å². The molecule has 0 saturated heterocycles. The molecular weight excluding hydrogens is 138 g/mol. The minimum Gasteiger partial charge on any atom is -0.463 e. The molecule has 0 unspecified atom stereocenters. The Morgan fingerprint density at radius 1 is 1.70 bits per heavy atom. The first kappa shape index (κ1) is 8.65. The third-order valence-corrected chi connectivity index (χ3v) is 0.590. The molecule has 0 aromatic carbocycles. The largest absolute Gasteiger partial charge is 0.463 e. The number of rotatable bonds is 4. The predicted molar refractivity (Wildman–Crippen MR) is 30.7 cm³/mol. The Hall–Kier alpha value is -1.35. The average molecular weight is 145 g/mol. The van der Waals surface area contributed by atoms with E-state index in [0.717, 1.165) is 6.08 Å². The van der Waals surface area contributed by atoms with Crippen LogP contribution in [0.2, 0.25) is 0 Å². The summed E-state index contributed by atoms with van der Waals surface area (Å²) in [4.78, 5) is 23.9. The molecular formula is C5H7NO4. The topological polar surface area (TPSA) is 65.0 Å². The van der Waals surface area contributed by atoms with Crippen molar-refractivity contribution in [3.05, 3.63) is 0 Å². The Labute approximate surface area is 57.6 Å². The van der Waals surface area contributed by atoms with E-state index in [-0.39, 0.29) is 13.2 Å². The molecule has 0 amide bonds. The monoisotopic (exact) mass is 145 g/mol. The maximum absolute atomic E-state index is 10.4. The van der Waals surface area contributed by atoms with E-state index in [1.165, 1.54) is 0 Å². The highest BCUT2D eigenvalue weighted by molar-refractivity contribution is 5.70. The Morgan fingerprint density at radius 2 is 2.40 bits per heavy atom. The summed E-state index contributed by atoms with van der Waals surface area (Å²) in [6.07, 6.45) is 1.11. The van der Waals surface area contributed by atoms with Gasteiger partial charge in [0.25, 0.3) is 6.08 Å². The van der Waals surface area contributed by atoms with Gasteiger partial charge in [-0.05, 0) is 6.92 Å². The van der Waals surface area contributed by atoms with Gasteiger partial charge in [0.1, 0.15) is 0 Å². The first-order valence-corrected chi connectivity index (χ1v) is 2.66. The van der Waals surface area contributed by atoms with Crippen LogP contribution in [0.25, 0.3) is 0 Å². The number of hydrogen-bond acceptors (Lipinski definition) is 5. The summed E-state index contributed by atoms with van der Waals surface area (Å²) in [6.45, 7) is 1.61. The van der Waals surface area contributed by atoms with Crippen molar-refractivity contribution in [2.24, 2.45) is 5.16 Å². The van der Waals surface area contributed by atoms with Crippen LogP contribution in [-0.4, -0.2) is 25.3 Å². The third-order valence-electron chi connectivity index (χ3n) is 0.590. The lowest BCUT2D eigenvalue weighted by Gasteiger charge is -1.96. The van der Waals surface area contributed by atoms with E-state index < -0.39 is 5.97 Å². The molecule has 0 aliphatic carbocycles. The van der Waals surface area contributed by atoms with Crippen molar-refractivity contribution in [3.8, 4) is 0 Å². The van der Waals surface area contributed by atoms with Crippen molar-refractivity contribution in [3.63, 3.8) is 0 Å². The lowest BCUT2D eigenvalue weighted by Crippen LogP contribution is -2.09. The fraction of sp³-hybridized carbons (Fsp3) is 0.600. The molecule has 5 heteroatoms. The summed E-state index contributed by atoms with van der Waals surface area (Å²) in [5, 5.41) is 2.69. The second kappa shape index (κ2) is 5.78. The number of nitrogens with zero attached hydrogens (tertiary/aromatic N) is 1. The highest BCUT2D eigenvalue weighted by Gasteiger charge is 1.99. The molecule has 10 heavy (non-hydrogen) atoms. The number of esters is 1. The van der Waals surface area contributed by atoms with E-state index >= 15 is 0 Å². The molecule has 0 spiro atoms. The van der Waals surface area contributed by atoms with Gasteiger partial charge in [-0.25, -0.2) is 9.59 Å². The van der Waals surface area contributed by atoms with E-state index in [4.69, 9.17) is 0 Å². The van der Waals surface area contributed by atoms with Gasteiger partial charge in [0.05, 0.1) is 6.61 Å². The molecule has 0 atom stereocenters. The van der Waals surface area contributed by atoms with Crippen molar-refractivity contribution >= 4 is 12.0 Å². The van der Waals surface area contributed by atoms with E-state index in [0.29, 0.717) is 0 Å². The molecule has 0 heterocycles.